The fraction of sp³-hybridized carbons (Fsp3) is 0.286. The molecule has 1 amide bonds. The molecule has 1 N–H and O–H groups in total. The Balaban J connectivity index is 1.86. The van der Waals surface area contributed by atoms with E-state index in [9.17, 15) is 9.18 Å². The largest absolute Gasteiger partial charge is 0.349 e. The maximum Gasteiger partial charge on any atom is 0.268 e. The molecule has 3 aromatic rings. The summed E-state index contributed by atoms with van der Waals surface area (Å²) < 4.78 is 15.5. The summed E-state index contributed by atoms with van der Waals surface area (Å²) in [5.74, 6) is -0.447. The summed E-state index contributed by atoms with van der Waals surface area (Å²) in [5.41, 5.74) is 3.26. The molecule has 4 nitrogen and oxygen atoms in total. The first kappa shape index (κ1) is 19.4. The SMILES string of the molecule is Cc1c(C(=O)NCC(c2cccc(F)c2)N(C)C)n(C)c2ccc(Cl)cc12. The number of hydrogen-bond acceptors (Lipinski definition) is 2. The normalized spacial score (nSPS) is 12.6. The number of benzene rings is 2. The highest BCUT2D eigenvalue weighted by atomic mass is 35.5. The Kier molecular flexibility index (Phi) is 5.53. The molecule has 27 heavy (non-hydrogen) atoms. The van der Waals surface area contributed by atoms with Gasteiger partial charge in [-0.3, -0.25) is 4.79 Å². The third-order valence-corrected chi connectivity index (χ3v) is 5.18. The molecule has 1 aromatic heterocycles. The number of rotatable bonds is 5. The Morgan fingerprint density at radius 1 is 1.26 bits per heavy atom. The minimum atomic E-state index is -0.285. The maximum absolute atomic E-state index is 13.6. The third-order valence-electron chi connectivity index (χ3n) is 4.94. The maximum atomic E-state index is 13.6. The number of carbonyl (C=O) groups is 1. The lowest BCUT2D eigenvalue weighted by atomic mass is 10.1. The standard InChI is InChI=1S/C21H23ClFN3O/c1-13-17-11-15(22)8-9-18(17)26(4)20(13)21(27)24-12-19(25(2)3)14-6-5-7-16(23)10-14/h5-11,19H,12H2,1-4H3,(H,24,27). The number of nitrogens with one attached hydrogen (secondary N) is 1. The van der Waals surface area contributed by atoms with Gasteiger partial charge in [0.15, 0.2) is 0 Å². The van der Waals surface area contributed by atoms with E-state index in [4.69, 9.17) is 11.6 Å². The van der Waals surface area contributed by atoms with Crippen molar-refractivity contribution in [2.24, 2.45) is 7.05 Å². The number of carbonyl (C=O) groups excluding carboxylic acids is 1. The highest BCUT2D eigenvalue weighted by molar-refractivity contribution is 6.31. The van der Waals surface area contributed by atoms with Crippen LogP contribution in [0.2, 0.25) is 5.02 Å². The number of amides is 1. The van der Waals surface area contributed by atoms with E-state index >= 15 is 0 Å². The molecular weight excluding hydrogens is 365 g/mol. The molecule has 0 saturated heterocycles. The van der Waals surface area contributed by atoms with Crippen molar-refractivity contribution in [3.8, 4) is 0 Å². The first-order valence-corrected chi connectivity index (χ1v) is 9.12. The van der Waals surface area contributed by atoms with Crippen LogP contribution in [0, 0.1) is 12.7 Å². The zero-order valence-corrected chi connectivity index (χ0v) is 16.6. The Morgan fingerprint density at radius 3 is 2.67 bits per heavy atom. The van der Waals surface area contributed by atoms with Crippen LogP contribution in [0.5, 0.6) is 0 Å². The van der Waals surface area contributed by atoms with Gasteiger partial charge < -0.3 is 14.8 Å². The molecule has 0 bridgehead atoms. The van der Waals surface area contributed by atoms with E-state index in [1.807, 2.05) is 61.8 Å². The van der Waals surface area contributed by atoms with Crippen molar-refractivity contribution < 1.29 is 9.18 Å². The number of aryl methyl sites for hydroxylation is 2. The van der Waals surface area contributed by atoms with Gasteiger partial charge in [-0.1, -0.05) is 23.7 Å². The summed E-state index contributed by atoms with van der Waals surface area (Å²) in [4.78, 5) is 14.9. The van der Waals surface area contributed by atoms with E-state index in [1.165, 1.54) is 12.1 Å². The van der Waals surface area contributed by atoms with Crippen molar-refractivity contribution in [1.82, 2.24) is 14.8 Å². The van der Waals surface area contributed by atoms with Crippen LogP contribution < -0.4 is 5.32 Å². The molecule has 0 aliphatic heterocycles. The minimum Gasteiger partial charge on any atom is -0.349 e. The summed E-state index contributed by atoms with van der Waals surface area (Å²) in [5, 5.41) is 4.60. The molecule has 0 spiro atoms. The molecule has 3 rings (SSSR count). The predicted octanol–water partition coefficient (Wildman–Crippen LogP) is 4.31. The van der Waals surface area contributed by atoms with Gasteiger partial charge in [0, 0.05) is 29.5 Å². The van der Waals surface area contributed by atoms with Crippen LogP contribution in [0.3, 0.4) is 0 Å². The average molecular weight is 388 g/mol. The topological polar surface area (TPSA) is 37.3 Å². The molecule has 2 aromatic carbocycles. The molecule has 0 radical (unpaired) electrons. The molecule has 0 fully saturated rings. The van der Waals surface area contributed by atoms with E-state index in [2.05, 4.69) is 5.32 Å². The van der Waals surface area contributed by atoms with Crippen molar-refractivity contribution >= 4 is 28.4 Å². The van der Waals surface area contributed by atoms with Gasteiger partial charge in [0.05, 0.1) is 6.04 Å². The number of fused-ring (bicyclic) bond motifs is 1. The second kappa shape index (κ2) is 7.71. The van der Waals surface area contributed by atoms with Gasteiger partial charge in [-0.25, -0.2) is 4.39 Å². The van der Waals surface area contributed by atoms with Crippen LogP contribution >= 0.6 is 11.6 Å². The van der Waals surface area contributed by atoms with Crippen LogP contribution in [0.1, 0.15) is 27.7 Å². The second-order valence-electron chi connectivity index (χ2n) is 6.94. The summed E-state index contributed by atoms with van der Waals surface area (Å²) in [6, 6.07) is 11.9. The van der Waals surface area contributed by atoms with E-state index < -0.39 is 0 Å². The number of nitrogens with zero attached hydrogens (tertiary/aromatic N) is 2. The molecular formula is C21H23ClFN3O. The monoisotopic (exact) mass is 387 g/mol. The smallest absolute Gasteiger partial charge is 0.268 e. The van der Waals surface area contributed by atoms with Crippen LogP contribution in [0.15, 0.2) is 42.5 Å². The average Bonchev–Trinajstić information content (AvgIpc) is 2.85. The molecule has 0 saturated carbocycles. The molecule has 1 atom stereocenters. The summed E-state index contributed by atoms with van der Waals surface area (Å²) in [6.07, 6.45) is 0. The van der Waals surface area contributed by atoms with E-state index in [-0.39, 0.29) is 17.8 Å². The van der Waals surface area contributed by atoms with Gasteiger partial charge in [-0.2, -0.15) is 0 Å². The molecule has 0 aliphatic rings. The first-order chi connectivity index (χ1) is 12.8. The van der Waals surface area contributed by atoms with Gasteiger partial charge in [0.2, 0.25) is 0 Å². The molecule has 0 aliphatic carbocycles. The van der Waals surface area contributed by atoms with Crippen molar-refractivity contribution in [1.29, 1.82) is 0 Å². The van der Waals surface area contributed by atoms with Crippen LogP contribution in [0.4, 0.5) is 4.39 Å². The van der Waals surface area contributed by atoms with Crippen molar-refractivity contribution in [2.45, 2.75) is 13.0 Å². The first-order valence-electron chi connectivity index (χ1n) is 8.74. The number of aromatic nitrogens is 1. The predicted molar refractivity (Wildman–Crippen MR) is 108 cm³/mol. The van der Waals surface area contributed by atoms with Gasteiger partial charge in [0.1, 0.15) is 11.5 Å². The molecule has 6 heteroatoms. The second-order valence-corrected chi connectivity index (χ2v) is 7.37. The van der Waals surface area contributed by atoms with Crippen LogP contribution in [-0.2, 0) is 7.05 Å². The van der Waals surface area contributed by atoms with Gasteiger partial charge in [0.25, 0.3) is 5.91 Å². The lowest BCUT2D eigenvalue weighted by molar-refractivity contribution is 0.0933. The molecule has 142 valence electrons. The zero-order chi connectivity index (χ0) is 19.7. The van der Waals surface area contributed by atoms with Crippen molar-refractivity contribution in [2.75, 3.05) is 20.6 Å². The number of hydrogen-bond donors (Lipinski definition) is 1. The van der Waals surface area contributed by atoms with Gasteiger partial charge in [-0.15, -0.1) is 0 Å². The lowest BCUT2D eigenvalue weighted by Gasteiger charge is -2.25. The fourth-order valence-corrected chi connectivity index (χ4v) is 3.68. The zero-order valence-electron chi connectivity index (χ0n) is 15.9. The van der Waals surface area contributed by atoms with Crippen molar-refractivity contribution in [3.05, 3.63) is 70.1 Å². The highest BCUT2D eigenvalue weighted by Crippen LogP contribution is 2.27. The third kappa shape index (κ3) is 3.84. The lowest BCUT2D eigenvalue weighted by Crippen LogP contribution is -2.35. The molecule has 1 heterocycles. The van der Waals surface area contributed by atoms with E-state index in [0.29, 0.717) is 17.3 Å². The Hall–Kier alpha value is -2.37. The van der Waals surface area contributed by atoms with Gasteiger partial charge >= 0.3 is 0 Å². The van der Waals surface area contributed by atoms with Crippen LogP contribution in [-0.4, -0.2) is 36.0 Å². The van der Waals surface area contributed by atoms with Crippen molar-refractivity contribution in [3.63, 3.8) is 0 Å². The quantitative estimate of drug-likeness (QED) is 0.708. The minimum absolute atomic E-state index is 0.130. The summed E-state index contributed by atoms with van der Waals surface area (Å²) in [6.45, 7) is 2.29. The Morgan fingerprint density at radius 2 is 2.00 bits per heavy atom. The molecule has 1 unspecified atom stereocenters. The van der Waals surface area contributed by atoms with Crippen LogP contribution in [0.25, 0.3) is 10.9 Å². The van der Waals surface area contributed by atoms with E-state index in [0.717, 1.165) is 22.0 Å². The Labute approximate surface area is 163 Å². The highest BCUT2D eigenvalue weighted by Gasteiger charge is 2.21. The Bertz CT molecular complexity index is 997. The fourth-order valence-electron chi connectivity index (χ4n) is 3.51. The summed E-state index contributed by atoms with van der Waals surface area (Å²) in [7, 11) is 5.69. The van der Waals surface area contributed by atoms with Gasteiger partial charge in [-0.05, 0) is 62.5 Å². The summed E-state index contributed by atoms with van der Waals surface area (Å²) >= 11 is 6.10. The number of halogens is 2. The van der Waals surface area contributed by atoms with E-state index in [1.54, 1.807) is 6.07 Å². The number of likely N-dealkylation sites (N-methyl/N-ethyl adjacent to an activating group) is 1.